The third kappa shape index (κ3) is 2.74. The Balaban J connectivity index is 2.75. The first-order valence-electron chi connectivity index (χ1n) is 4.04. The summed E-state index contributed by atoms with van der Waals surface area (Å²) in [4.78, 5) is 1.17. The highest BCUT2D eigenvalue weighted by Gasteiger charge is 2.20. The minimum absolute atomic E-state index is 0.0525. The van der Waals surface area contributed by atoms with Crippen molar-refractivity contribution in [3.63, 3.8) is 0 Å². The molecule has 0 bridgehead atoms. The molecule has 0 spiro atoms. The minimum atomic E-state index is -1.44. The summed E-state index contributed by atoms with van der Waals surface area (Å²) in [7, 11) is 0. The summed E-state index contributed by atoms with van der Waals surface area (Å²) in [6.07, 6.45) is -1.44. The minimum Gasteiger partial charge on any atom is -0.366 e. The second-order valence-corrected chi connectivity index (χ2v) is 3.90. The smallest absolute Gasteiger partial charge is 0.180 e. The van der Waals surface area contributed by atoms with Gasteiger partial charge in [0.15, 0.2) is 12.1 Å². The van der Waals surface area contributed by atoms with Crippen LogP contribution in [-0.2, 0) is 12.0 Å². The predicted octanol–water partition coefficient (Wildman–Crippen LogP) is -0.719. The van der Waals surface area contributed by atoms with Gasteiger partial charge in [-0.1, -0.05) is 20.8 Å². The van der Waals surface area contributed by atoms with Crippen LogP contribution in [-0.4, -0.2) is 36.7 Å². The van der Waals surface area contributed by atoms with Gasteiger partial charge in [0.2, 0.25) is 0 Å². The van der Waals surface area contributed by atoms with Crippen LogP contribution < -0.4 is 0 Å². The van der Waals surface area contributed by atoms with Crippen LogP contribution in [0.3, 0.4) is 0 Å². The van der Waals surface area contributed by atoms with Crippen LogP contribution >= 0.6 is 0 Å². The van der Waals surface area contributed by atoms with E-state index in [1.54, 1.807) is 0 Å². The van der Waals surface area contributed by atoms with Crippen molar-refractivity contribution in [2.45, 2.75) is 39.0 Å². The molecule has 6 nitrogen and oxygen atoms in total. The van der Waals surface area contributed by atoms with E-state index in [1.165, 1.54) is 4.80 Å². The van der Waals surface area contributed by atoms with Crippen LogP contribution in [0.25, 0.3) is 0 Å². The number of rotatable bonds is 2. The lowest BCUT2D eigenvalue weighted by molar-refractivity contribution is -0.0564. The van der Waals surface area contributed by atoms with Gasteiger partial charge in [0.1, 0.15) is 6.54 Å². The first kappa shape index (κ1) is 10.1. The molecule has 0 aliphatic heterocycles. The highest BCUT2D eigenvalue weighted by molar-refractivity contribution is 4.95. The zero-order chi connectivity index (χ0) is 10.1. The molecule has 74 valence electrons. The number of aliphatic hydroxyl groups is 2. The molecule has 0 radical (unpaired) electrons. The van der Waals surface area contributed by atoms with E-state index >= 15 is 0 Å². The highest BCUT2D eigenvalue weighted by Crippen LogP contribution is 2.15. The highest BCUT2D eigenvalue weighted by atomic mass is 16.5. The van der Waals surface area contributed by atoms with Crippen LogP contribution in [0.2, 0.25) is 0 Å². The maximum Gasteiger partial charge on any atom is 0.180 e. The maximum absolute atomic E-state index is 8.64. The Morgan fingerprint density at radius 2 is 2.00 bits per heavy atom. The standard InChI is InChI=1S/C7H14N4O2/c1-7(2,3)6-8-10-11(9-6)4-5(12)13/h5,12-13H,4H2,1-3H3. The van der Waals surface area contributed by atoms with Gasteiger partial charge in [0.25, 0.3) is 0 Å². The summed E-state index contributed by atoms with van der Waals surface area (Å²) < 4.78 is 0. The lowest BCUT2D eigenvalue weighted by atomic mass is 9.96. The molecule has 0 aliphatic carbocycles. The summed E-state index contributed by atoms with van der Waals surface area (Å²) in [6, 6.07) is 0. The molecule has 0 fully saturated rings. The summed E-state index contributed by atoms with van der Waals surface area (Å²) in [5.41, 5.74) is -0.168. The fraction of sp³-hybridized carbons (Fsp3) is 0.857. The molecular weight excluding hydrogens is 172 g/mol. The summed E-state index contributed by atoms with van der Waals surface area (Å²) in [6.45, 7) is 5.83. The van der Waals surface area contributed by atoms with Crippen LogP contribution in [0.1, 0.15) is 26.6 Å². The first-order chi connectivity index (χ1) is 5.89. The molecule has 0 aliphatic rings. The van der Waals surface area contributed by atoms with Crippen LogP contribution in [0.5, 0.6) is 0 Å². The van der Waals surface area contributed by atoms with Gasteiger partial charge >= 0.3 is 0 Å². The average molecular weight is 186 g/mol. The summed E-state index contributed by atoms with van der Waals surface area (Å²) in [5, 5.41) is 28.8. The van der Waals surface area contributed by atoms with Crippen molar-refractivity contribution in [3.05, 3.63) is 5.82 Å². The Morgan fingerprint density at radius 3 is 2.38 bits per heavy atom. The number of nitrogens with zero attached hydrogens (tertiary/aromatic N) is 4. The van der Waals surface area contributed by atoms with E-state index < -0.39 is 6.29 Å². The van der Waals surface area contributed by atoms with Gasteiger partial charge in [-0.05, 0) is 5.21 Å². The van der Waals surface area contributed by atoms with Gasteiger partial charge in [0.05, 0.1) is 0 Å². The zero-order valence-corrected chi connectivity index (χ0v) is 7.97. The molecular formula is C7H14N4O2. The van der Waals surface area contributed by atoms with Crippen LogP contribution in [0, 0.1) is 0 Å². The molecule has 1 heterocycles. The van der Waals surface area contributed by atoms with Crippen LogP contribution in [0.4, 0.5) is 0 Å². The molecule has 1 rings (SSSR count). The van der Waals surface area contributed by atoms with Gasteiger partial charge in [-0.15, -0.1) is 10.2 Å². The van der Waals surface area contributed by atoms with Gasteiger partial charge in [-0.2, -0.15) is 4.80 Å². The molecule has 0 saturated heterocycles. The largest absolute Gasteiger partial charge is 0.366 e. The molecule has 0 saturated carbocycles. The normalized spacial score (nSPS) is 12.5. The SMILES string of the molecule is CC(C)(C)c1nnn(CC(O)O)n1. The average Bonchev–Trinajstić information content (AvgIpc) is 2.32. The van der Waals surface area contributed by atoms with E-state index in [9.17, 15) is 0 Å². The first-order valence-corrected chi connectivity index (χ1v) is 4.04. The topological polar surface area (TPSA) is 84.1 Å². The van der Waals surface area contributed by atoms with E-state index in [-0.39, 0.29) is 12.0 Å². The molecule has 2 N–H and O–H groups in total. The number of aromatic nitrogens is 4. The lowest BCUT2D eigenvalue weighted by Gasteiger charge is -2.11. The molecule has 1 aromatic heterocycles. The number of hydrogen-bond acceptors (Lipinski definition) is 5. The van der Waals surface area contributed by atoms with Crippen molar-refractivity contribution in [2.24, 2.45) is 0 Å². The Morgan fingerprint density at radius 1 is 1.38 bits per heavy atom. The Bertz CT molecular complexity index is 276. The van der Waals surface area contributed by atoms with E-state index in [1.807, 2.05) is 20.8 Å². The van der Waals surface area contributed by atoms with Gasteiger partial charge < -0.3 is 10.2 Å². The molecule has 0 atom stereocenters. The molecule has 1 aromatic rings. The summed E-state index contributed by atoms with van der Waals surface area (Å²) in [5.74, 6) is 0.591. The maximum atomic E-state index is 8.64. The Kier molecular flexibility index (Phi) is 2.63. The van der Waals surface area contributed by atoms with Crippen molar-refractivity contribution in [1.82, 2.24) is 20.2 Å². The van der Waals surface area contributed by atoms with E-state index in [4.69, 9.17) is 10.2 Å². The molecule has 6 heteroatoms. The summed E-state index contributed by atoms with van der Waals surface area (Å²) >= 11 is 0. The fourth-order valence-electron chi connectivity index (χ4n) is 0.767. The van der Waals surface area contributed by atoms with Crippen molar-refractivity contribution < 1.29 is 10.2 Å². The van der Waals surface area contributed by atoms with E-state index in [2.05, 4.69) is 15.4 Å². The predicted molar refractivity (Wildman–Crippen MR) is 44.7 cm³/mol. The zero-order valence-electron chi connectivity index (χ0n) is 7.97. The van der Waals surface area contributed by atoms with Gasteiger partial charge in [0, 0.05) is 5.41 Å². The molecule has 0 amide bonds. The lowest BCUT2D eigenvalue weighted by Crippen LogP contribution is -2.18. The number of aliphatic hydroxyl groups excluding tert-OH is 1. The van der Waals surface area contributed by atoms with Crippen molar-refractivity contribution >= 4 is 0 Å². The molecule has 13 heavy (non-hydrogen) atoms. The van der Waals surface area contributed by atoms with E-state index in [0.29, 0.717) is 5.82 Å². The molecule has 0 unspecified atom stereocenters. The van der Waals surface area contributed by atoms with Crippen LogP contribution in [0.15, 0.2) is 0 Å². The monoisotopic (exact) mass is 186 g/mol. The number of hydrogen-bond donors (Lipinski definition) is 2. The second kappa shape index (κ2) is 3.39. The van der Waals surface area contributed by atoms with Crippen molar-refractivity contribution in [3.8, 4) is 0 Å². The molecule has 0 aromatic carbocycles. The van der Waals surface area contributed by atoms with Crippen molar-refractivity contribution in [2.75, 3.05) is 0 Å². The Hall–Kier alpha value is -1.01. The van der Waals surface area contributed by atoms with Gasteiger partial charge in [-0.3, -0.25) is 0 Å². The van der Waals surface area contributed by atoms with Crippen molar-refractivity contribution in [1.29, 1.82) is 0 Å². The third-order valence-corrected chi connectivity index (χ3v) is 1.45. The number of tetrazole rings is 1. The fourth-order valence-corrected chi connectivity index (χ4v) is 0.767. The second-order valence-electron chi connectivity index (χ2n) is 3.90. The van der Waals surface area contributed by atoms with Gasteiger partial charge in [-0.25, -0.2) is 0 Å². The third-order valence-electron chi connectivity index (χ3n) is 1.45. The van der Waals surface area contributed by atoms with E-state index in [0.717, 1.165) is 0 Å². The quantitative estimate of drug-likeness (QED) is 0.595. The Labute approximate surface area is 76.2 Å².